The molecule has 0 aromatic heterocycles. The zero-order valence-electron chi connectivity index (χ0n) is 13.3. The van der Waals surface area contributed by atoms with Crippen molar-refractivity contribution in [2.24, 2.45) is 0 Å². The lowest BCUT2D eigenvalue weighted by Crippen LogP contribution is -2.47. The molecular formula is C18H24N2O2S. The number of nitrogens with one attached hydrogen (secondary N) is 1. The quantitative estimate of drug-likeness (QED) is 0.785. The minimum absolute atomic E-state index is 0.112. The smallest absolute Gasteiger partial charge is 0.231 e. The fourth-order valence-electron chi connectivity index (χ4n) is 2.93. The van der Waals surface area contributed by atoms with Crippen LogP contribution in [0.1, 0.15) is 50.2 Å². The Morgan fingerprint density at radius 2 is 1.91 bits per heavy atom. The van der Waals surface area contributed by atoms with Crippen molar-refractivity contribution in [2.45, 2.75) is 50.2 Å². The highest BCUT2D eigenvalue weighted by Crippen LogP contribution is 2.27. The molecule has 0 unspecified atom stereocenters. The summed E-state index contributed by atoms with van der Waals surface area (Å²) in [5, 5.41) is 22.5. The molecule has 1 atom stereocenters. The van der Waals surface area contributed by atoms with E-state index in [-0.39, 0.29) is 11.7 Å². The Labute approximate surface area is 142 Å². The molecule has 1 aromatic rings. The Balaban J connectivity index is 1.77. The molecule has 23 heavy (non-hydrogen) atoms. The minimum atomic E-state index is -0.688. The van der Waals surface area contributed by atoms with Crippen molar-refractivity contribution >= 4 is 17.7 Å². The van der Waals surface area contributed by atoms with Gasteiger partial charge in [0.25, 0.3) is 0 Å². The van der Waals surface area contributed by atoms with Gasteiger partial charge in [-0.05, 0) is 18.4 Å². The third-order valence-corrected chi connectivity index (χ3v) is 5.26. The van der Waals surface area contributed by atoms with Crippen molar-refractivity contribution in [3.05, 3.63) is 35.9 Å². The molecule has 0 aliphatic heterocycles. The topological polar surface area (TPSA) is 73.1 Å². The fourth-order valence-corrected chi connectivity index (χ4v) is 3.73. The predicted molar refractivity (Wildman–Crippen MR) is 92.9 cm³/mol. The molecule has 1 fully saturated rings. The summed E-state index contributed by atoms with van der Waals surface area (Å²) in [5.41, 5.74) is 0.171. The lowest BCUT2D eigenvalue weighted by Gasteiger charge is -2.26. The number of nitriles is 1. The van der Waals surface area contributed by atoms with Gasteiger partial charge in [-0.15, -0.1) is 11.8 Å². The maximum absolute atomic E-state index is 12.1. The van der Waals surface area contributed by atoms with E-state index in [2.05, 4.69) is 11.4 Å². The summed E-state index contributed by atoms with van der Waals surface area (Å²) in [7, 11) is 0. The van der Waals surface area contributed by atoms with Crippen molar-refractivity contribution in [3.8, 4) is 6.07 Å². The maximum Gasteiger partial charge on any atom is 0.231 e. The molecule has 4 nitrogen and oxygen atoms in total. The van der Waals surface area contributed by atoms with E-state index in [1.54, 1.807) is 0 Å². The van der Waals surface area contributed by atoms with Crippen LogP contribution in [-0.2, 0) is 4.79 Å². The zero-order chi connectivity index (χ0) is 16.5. The van der Waals surface area contributed by atoms with Gasteiger partial charge < -0.3 is 10.4 Å². The van der Waals surface area contributed by atoms with Crippen LogP contribution in [0.3, 0.4) is 0 Å². The van der Waals surface area contributed by atoms with Gasteiger partial charge in [-0.25, -0.2) is 0 Å². The maximum atomic E-state index is 12.1. The number of nitrogens with zero attached hydrogens (tertiary/aromatic N) is 1. The molecule has 0 heterocycles. The number of hydrogen-bond acceptors (Lipinski definition) is 4. The summed E-state index contributed by atoms with van der Waals surface area (Å²) in [4.78, 5) is 12.1. The summed E-state index contributed by atoms with van der Waals surface area (Å²) >= 11 is 1.40. The Hall–Kier alpha value is -1.51. The summed E-state index contributed by atoms with van der Waals surface area (Å²) in [6.45, 7) is 0. The number of rotatable bonds is 6. The summed E-state index contributed by atoms with van der Waals surface area (Å²) in [5.74, 6) is 0.628. The van der Waals surface area contributed by atoms with E-state index >= 15 is 0 Å². The molecular weight excluding hydrogens is 308 g/mol. The van der Waals surface area contributed by atoms with Gasteiger partial charge in [-0.3, -0.25) is 4.79 Å². The van der Waals surface area contributed by atoms with Gasteiger partial charge in [-0.1, -0.05) is 56.0 Å². The fraction of sp³-hybridized carbons (Fsp3) is 0.556. The molecule has 0 bridgehead atoms. The van der Waals surface area contributed by atoms with Crippen LogP contribution in [0.25, 0.3) is 0 Å². The Morgan fingerprint density at radius 1 is 1.26 bits per heavy atom. The van der Waals surface area contributed by atoms with Crippen LogP contribution >= 0.6 is 11.8 Å². The van der Waals surface area contributed by atoms with Gasteiger partial charge >= 0.3 is 0 Å². The highest BCUT2D eigenvalue weighted by molar-refractivity contribution is 7.99. The van der Waals surface area contributed by atoms with E-state index in [1.807, 2.05) is 30.3 Å². The largest absolute Gasteiger partial charge is 0.388 e. The van der Waals surface area contributed by atoms with Gasteiger partial charge in [0, 0.05) is 5.75 Å². The molecule has 0 radical (unpaired) electrons. The summed E-state index contributed by atoms with van der Waals surface area (Å²) in [6.07, 6.45) is 5.17. The van der Waals surface area contributed by atoms with Gasteiger partial charge in [0.15, 0.2) is 0 Å². The number of aliphatic hydroxyl groups is 1. The van der Waals surface area contributed by atoms with Crippen LogP contribution in [-0.4, -0.2) is 28.1 Å². The first kappa shape index (κ1) is 17.8. The monoisotopic (exact) mass is 332 g/mol. The number of aliphatic hydroxyl groups excluding tert-OH is 1. The number of carbonyl (C=O) groups is 1. The highest BCUT2D eigenvalue weighted by Gasteiger charge is 2.32. The second-order valence-electron chi connectivity index (χ2n) is 6.10. The van der Waals surface area contributed by atoms with E-state index in [9.17, 15) is 15.2 Å². The van der Waals surface area contributed by atoms with Crippen molar-refractivity contribution < 1.29 is 9.90 Å². The first-order valence-electron chi connectivity index (χ1n) is 8.18. The van der Waals surface area contributed by atoms with Crippen LogP contribution in [0.2, 0.25) is 0 Å². The Morgan fingerprint density at radius 3 is 2.52 bits per heavy atom. The van der Waals surface area contributed by atoms with E-state index < -0.39 is 11.6 Å². The average molecular weight is 332 g/mol. The van der Waals surface area contributed by atoms with Crippen molar-refractivity contribution in [1.82, 2.24) is 5.32 Å². The normalized spacial score (nSPS) is 18.4. The second kappa shape index (κ2) is 8.95. The second-order valence-corrected chi connectivity index (χ2v) is 7.13. The molecule has 124 valence electrons. The SMILES string of the molecule is N#CC1(NC(=O)CSC[C@H](O)c2ccccc2)CCCCCC1. The number of hydrogen-bond donors (Lipinski definition) is 2. The molecule has 1 aliphatic rings. The lowest BCUT2D eigenvalue weighted by atomic mass is 9.92. The van der Waals surface area contributed by atoms with Crippen LogP contribution in [0.15, 0.2) is 30.3 Å². The van der Waals surface area contributed by atoms with Crippen molar-refractivity contribution in [3.63, 3.8) is 0 Å². The standard InChI is InChI=1S/C18H24N2O2S/c19-14-18(10-6-1-2-7-11-18)20-17(22)13-23-12-16(21)15-8-4-3-5-9-15/h3-5,8-9,16,21H,1-2,6-7,10-13H2,(H,20,22)/t16-/m0/s1. The van der Waals surface area contributed by atoms with Gasteiger partial charge in [0.2, 0.25) is 5.91 Å². The van der Waals surface area contributed by atoms with Crippen LogP contribution in [0.5, 0.6) is 0 Å². The Bertz CT molecular complexity index is 534. The average Bonchev–Trinajstić information content (AvgIpc) is 2.81. The minimum Gasteiger partial charge on any atom is -0.388 e. The molecule has 1 amide bonds. The number of amides is 1. The molecule has 0 saturated heterocycles. The summed E-state index contributed by atoms with van der Waals surface area (Å²) in [6, 6.07) is 11.8. The molecule has 5 heteroatoms. The first-order valence-corrected chi connectivity index (χ1v) is 9.34. The third-order valence-electron chi connectivity index (χ3n) is 4.24. The van der Waals surface area contributed by atoms with E-state index in [0.29, 0.717) is 5.75 Å². The molecule has 1 saturated carbocycles. The van der Waals surface area contributed by atoms with E-state index in [4.69, 9.17) is 0 Å². The lowest BCUT2D eigenvalue weighted by molar-refractivity contribution is -0.120. The number of thioether (sulfide) groups is 1. The van der Waals surface area contributed by atoms with Gasteiger partial charge in [-0.2, -0.15) is 5.26 Å². The Kier molecular flexibility index (Phi) is 6.94. The van der Waals surface area contributed by atoms with Gasteiger partial charge in [0.1, 0.15) is 5.54 Å². The van der Waals surface area contributed by atoms with Crippen LogP contribution in [0.4, 0.5) is 0 Å². The molecule has 1 aliphatic carbocycles. The van der Waals surface area contributed by atoms with E-state index in [0.717, 1.165) is 44.1 Å². The van der Waals surface area contributed by atoms with Crippen molar-refractivity contribution in [1.29, 1.82) is 5.26 Å². The molecule has 2 rings (SSSR count). The number of benzene rings is 1. The van der Waals surface area contributed by atoms with E-state index in [1.165, 1.54) is 11.8 Å². The van der Waals surface area contributed by atoms with Crippen LogP contribution in [0, 0.1) is 11.3 Å². The summed E-state index contributed by atoms with van der Waals surface area (Å²) < 4.78 is 0. The predicted octanol–water partition coefficient (Wildman–Crippen LogP) is 3.19. The zero-order valence-corrected chi connectivity index (χ0v) is 14.1. The van der Waals surface area contributed by atoms with Crippen molar-refractivity contribution in [2.75, 3.05) is 11.5 Å². The molecule has 2 N–H and O–H groups in total. The first-order chi connectivity index (χ1) is 11.2. The highest BCUT2D eigenvalue weighted by atomic mass is 32.2. The third kappa shape index (κ3) is 5.56. The number of carbonyl (C=O) groups excluding carboxylic acids is 1. The molecule has 1 aromatic carbocycles. The molecule has 0 spiro atoms. The van der Waals surface area contributed by atoms with Crippen LogP contribution < -0.4 is 5.32 Å². The van der Waals surface area contributed by atoms with Gasteiger partial charge in [0.05, 0.1) is 17.9 Å².